The number of alkyl halides is 1. The molecule has 2 amide bonds. The molecule has 118 valence electrons. The van der Waals surface area contributed by atoms with Gasteiger partial charge in [-0.05, 0) is 17.7 Å². The summed E-state index contributed by atoms with van der Waals surface area (Å²) in [4.78, 5) is 26.7. The Hall–Kier alpha value is -2.33. The Labute approximate surface area is 140 Å². The third-order valence-corrected chi connectivity index (χ3v) is 4.08. The standard InChI is InChI=1S/C18H17ClN2O2/c19-11-10-18(23)21-15-9-5-4-8-14(15)20-17(22)12-16(21)13-6-2-1-3-7-13/h1-9,16H,10-12H2,(H,20,22). The number of anilines is 2. The molecule has 3 rings (SSSR count). The molecular formula is C18H17ClN2O2. The molecule has 1 aliphatic heterocycles. The first kappa shape index (κ1) is 15.6. The minimum absolute atomic E-state index is 0.0854. The molecule has 0 radical (unpaired) electrons. The van der Waals surface area contributed by atoms with E-state index in [1.807, 2.05) is 54.6 Å². The van der Waals surface area contributed by atoms with Gasteiger partial charge in [0.2, 0.25) is 11.8 Å². The van der Waals surface area contributed by atoms with Crippen molar-refractivity contribution in [3.05, 3.63) is 60.2 Å². The van der Waals surface area contributed by atoms with Crippen LogP contribution in [0.25, 0.3) is 0 Å². The Bertz CT molecular complexity index is 718. The van der Waals surface area contributed by atoms with Crippen LogP contribution in [-0.4, -0.2) is 17.7 Å². The minimum Gasteiger partial charge on any atom is -0.324 e. The van der Waals surface area contributed by atoms with E-state index in [1.165, 1.54) is 0 Å². The third-order valence-electron chi connectivity index (χ3n) is 3.89. The number of hydrogen-bond acceptors (Lipinski definition) is 2. The topological polar surface area (TPSA) is 49.4 Å². The summed E-state index contributed by atoms with van der Waals surface area (Å²) in [5, 5.41) is 2.88. The largest absolute Gasteiger partial charge is 0.324 e. The van der Waals surface area contributed by atoms with Crippen LogP contribution in [0.2, 0.25) is 0 Å². The van der Waals surface area contributed by atoms with Crippen LogP contribution in [0.1, 0.15) is 24.4 Å². The summed E-state index contributed by atoms with van der Waals surface area (Å²) in [5.41, 5.74) is 2.29. The zero-order chi connectivity index (χ0) is 16.2. The van der Waals surface area contributed by atoms with Crippen LogP contribution in [0.15, 0.2) is 54.6 Å². The van der Waals surface area contributed by atoms with Crippen molar-refractivity contribution in [1.82, 2.24) is 0 Å². The van der Waals surface area contributed by atoms with E-state index in [-0.39, 0.29) is 36.6 Å². The highest BCUT2D eigenvalue weighted by molar-refractivity contribution is 6.19. The summed E-state index contributed by atoms with van der Waals surface area (Å²) in [7, 11) is 0. The molecule has 5 heteroatoms. The summed E-state index contributed by atoms with van der Waals surface area (Å²) in [5.74, 6) is 0.0608. The fraction of sp³-hybridized carbons (Fsp3) is 0.222. The fourth-order valence-corrected chi connectivity index (χ4v) is 3.04. The van der Waals surface area contributed by atoms with E-state index in [9.17, 15) is 9.59 Å². The van der Waals surface area contributed by atoms with Crippen molar-refractivity contribution in [3.63, 3.8) is 0 Å². The Morgan fingerprint density at radius 1 is 1.13 bits per heavy atom. The third kappa shape index (κ3) is 3.22. The van der Waals surface area contributed by atoms with Gasteiger partial charge in [-0.25, -0.2) is 0 Å². The second-order valence-corrected chi connectivity index (χ2v) is 5.78. The van der Waals surface area contributed by atoms with Gasteiger partial charge in [0.25, 0.3) is 0 Å². The first-order valence-corrected chi connectivity index (χ1v) is 8.06. The number of benzene rings is 2. The number of halogens is 1. The van der Waals surface area contributed by atoms with Crippen molar-refractivity contribution < 1.29 is 9.59 Å². The van der Waals surface area contributed by atoms with Gasteiger partial charge >= 0.3 is 0 Å². The molecule has 0 saturated carbocycles. The molecule has 2 aromatic carbocycles. The van der Waals surface area contributed by atoms with Crippen LogP contribution >= 0.6 is 11.6 Å². The maximum atomic E-state index is 12.7. The van der Waals surface area contributed by atoms with E-state index in [0.717, 1.165) is 5.56 Å². The van der Waals surface area contributed by atoms with E-state index in [0.29, 0.717) is 11.4 Å². The van der Waals surface area contributed by atoms with Crippen LogP contribution in [0.4, 0.5) is 11.4 Å². The predicted octanol–water partition coefficient (Wildman–Crippen LogP) is 3.73. The van der Waals surface area contributed by atoms with E-state index in [4.69, 9.17) is 11.6 Å². The average Bonchev–Trinajstić information content (AvgIpc) is 2.71. The number of para-hydroxylation sites is 2. The molecule has 0 aromatic heterocycles. The maximum absolute atomic E-state index is 12.7. The lowest BCUT2D eigenvalue weighted by atomic mass is 10.0. The molecule has 0 bridgehead atoms. The highest BCUT2D eigenvalue weighted by atomic mass is 35.5. The van der Waals surface area contributed by atoms with Crippen LogP contribution in [0.5, 0.6) is 0 Å². The first-order valence-electron chi connectivity index (χ1n) is 7.52. The zero-order valence-corrected chi connectivity index (χ0v) is 13.3. The quantitative estimate of drug-likeness (QED) is 0.873. The number of carbonyl (C=O) groups is 2. The van der Waals surface area contributed by atoms with Gasteiger partial charge in [-0.2, -0.15) is 0 Å². The molecule has 0 fully saturated rings. The van der Waals surface area contributed by atoms with E-state index < -0.39 is 0 Å². The lowest BCUT2D eigenvalue weighted by molar-refractivity contribution is -0.119. The van der Waals surface area contributed by atoms with Crippen molar-refractivity contribution in [1.29, 1.82) is 0 Å². The molecular weight excluding hydrogens is 312 g/mol. The highest BCUT2D eigenvalue weighted by Crippen LogP contribution is 2.38. The van der Waals surface area contributed by atoms with Crippen molar-refractivity contribution in [2.45, 2.75) is 18.9 Å². The van der Waals surface area contributed by atoms with Crippen LogP contribution in [0, 0.1) is 0 Å². The van der Waals surface area contributed by atoms with Gasteiger partial charge in [-0.15, -0.1) is 11.6 Å². The number of hydrogen-bond donors (Lipinski definition) is 1. The van der Waals surface area contributed by atoms with Crippen LogP contribution in [-0.2, 0) is 9.59 Å². The number of nitrogens with zero attached hydrogens (tertiary/aromatic N) is 1. The van der Waals surface area contributed by atoms with E-state index >= 15 is 0 Å². The first-order chi connectivity index (χ1) is 11.2. The molecule has 4 nitrogen and oxygen atoms in total. The maximum Gasteiger partial charge on any atom is 0.228 e. The molecule has 0 spiro atoms. The van der Waals surface area contributed by atoms with Gasteiger partial charge in [-0.1, -0.05) is 42.5 Å². The van der Waals surface area contributed by atoms with Gasteiger partial charge in [-0.3, -0.25) is 9.59 Å². The molecule has 2 aromatic rings. The van der Waals surface area contributed by atoms with Crippen LogP contribution in [0.3, 0.4) is 0 Å². The van der Waals surface area contributed by atoms with Crippen molar-refractivity contribution in [2.75, 3.05) is 16.1 Å². The number of fused-ring (bicyclic) bond motifs is 1. The lowest BCUT2D eigenvalue weighted by Crippen LogP contribution is -2.35. The SMILES string of the molecule is O=C1CC(c2ccccc2)N(C(=O)CCCl)c2ccccc2N1. The van der Waals surface area contributed by atoms with Gasteiger partial charge in [0.1, 0.15) is 0 Å². The Balaban J connectivity index is 2.12. The number of nitrogens with one attached hydrogen (secondary N) is 1. The van der Waals surface area contributed by atoms with Gasteiger partial charge < -0.3 is 10.2 Å². The summed E-state index contributed by atoms with van der Waals surface area (Å²) >= 11 is 5.78. The van der Waals surface area contributed by atoms with E-state index in [1.54, 1.807) is 4.90 Å². The Morgan fingerprint density at radius 3 is 2.57 bits per heavy atom. The second kappa shape index (κ2) is 6.84. The summed E-state index contributed by atoms with van der Waals surface area (Å²) in [6.07, 6.45) is 0.445. The zero-order valence-electron chi connectivity index (χ0n) is 12.5. The van der Waals surface area contributed by atoms with Gasteiger partial charge in [0, 0.05) is 12.3 Å². The fourth-order valence-electron chi connectivity index (χ4n) is 2.88. The molecule has 0 saturated heterocycles. The summed E-state index contributed by atoms with van der Waals surface area (Å²) in [6, 6.07) is 16.6. The minimum atomic E-state index is -0.337. The van der Waals surface area contributed by atoms with Crippen molar-refractivity contribution >= 4 is 34.8 Å². The Morgan fingerprint density at radius 2 is 1.83 bits per heavy atom. The molecule has 1 aliphatic rings. The highest BCUT2D eigenvalue weighted by Gasteiger charge is 2.32. The number of carbonyl (C=O) groups excluding carboxylic acids is 2. The number of amides is 2. The van der Waals surface area contributed by atoms with E-state index in [2.05, 4.69) is 5.32 Å². The van der Waals surface area contributed by atoms with Gasteiger partial charge in [0.15, 0.2) is 0 Å². The average molecular weight is 329 g/mol. The van der Waals surface area contributed by atoms with Gasteiger partial charge in [0.05, 0.1) is 23.8 Å². The lowest BCUT2D eigenvalue weighted by Gasteiger charge is -2.30. The summed E-state index contributed by atoms with van der Waals surface area (Å²) in [6.45, 7) is 0. The normalized spacial score (nSPS) is 17.2. The molecule has 1 atom stereocenters. The number of rotatable bonds is 3. The Kier molecular flexibility index (Phi) is 4.63. The monoisotopic (exact) mass is 328 g/mol. The van der Waals surface area contributed by atoms with Crippen molar-refractivity contribution in [2.24, 2.45) is 0 Å². The smallest absolute Gasteiger partial charge is 0.228 e. The van der Waals surface area contributed by atoms with Crippen molar-refractivity contribution in [3.8, 4) is 0 Å². The molecule has 0 aliphatic carbocycles. The second-order valence-electron chi connectivity index (χ2n) is 5.40. The molecule has 23 heavy (non-hydrogen) atoms. The molecule has 1 heterocycles. The molecule has 1 unspecified atom stereocenters. The molecule has 1 N–H and O–H groups in total. The summed E-state index contributed by atoms with van der Waals surface area (Å²) < 4.78 is 0. The van der Waals surface area contributed by atoms with Crippen LogP contribution < -0.4 is 10.2 Å². The predicted molar refractivity (Wildman–Crippen MR) is 91.7 cm³/mol.